The van der Waals surface area contributed by atoms with Gasteiger partial charge in [-0.05, 0) is 81.8 Å². The predicted molar refractivity (Wildman–Crippen MR) is 128 cm³/mol. The molecule has 7 nitrogen and oxygen atoms in total. The van der Waals surface area contributed by atoms with Crippen LogP contribution in [0.5, 0.6) is 11.5 Å². The quantitative estimate of drug-likeness (QED) is 0.125. The van der Waals surface area contributed by atoms with Crippen molar-refractivity contribution in [2.45, 2.75) is 6.61 Å². The summed E-state index contributed by atoms with van der Waals surface area (Å²) in [7, 11) is 1.53. The molecule has 8 heteroatoms. The van der Waals surface area contributed by atoms with E-state index in [0.717, 1.165) is 14.7 Å². The number of nitro groups is 1. The van der Waals surface area contributed by atoms with Crippen LogP contribution in [-0.2, 0) is 6.61 Å². The summed E-state index contributed by atoms with van der Waals surface area (Å²) in [5.74, 6) is 1.03. The van der Waals surface area contributed by atoms with Crippen molar-refractivity contribution >= 4 is 39.9 Å². The molecule has 0 aromatic heterocycles. The molecule has 0 aliphatic heterocycles. The Hall–Kier alpha value is -3.89. The molecule has 0 radical (unpaired) electrons. The van der Waals surface area contributed by atoms with Crippen LogP contribution in [-0.4, -0.2) is 12.0 Å². The Kier molecular flexibility index (Phi) is 7.42. The van der Waals surface area contributed by atoms with E-state index in [2.05, 4.69) is 34.7 Å². The molecule has 0 bridgehead atoms. The summed E-state index contributed by atoms with van der Waals surface area (Å²) in [6, 6.07) is 20.9. The van der Waals surface area contributed by atoms with E-state index >= 15 is 0 Å². The third-order valence-electron chi connectivity index (χ3n) is 4.52. The number of nitriles is 2. The molecule has 0 saturated heterocycles. The van der Waals surface area contributed by atoms with E-state index in [1.54, 1.807) is 48.5 Å². The highest BCUT2D eigenvalue weighted by Crippen LogP contribution is 2.35. The van der Waals surface area contributed by atoms with Crippen molar-refractivity contribution in [1.82, 2.24) is 0 Å². The van der Waals surface area contributed by atoms with Gasteiger partial charge in [0.25, 0.3) is 5.69 Å². The lowest BCUT2D eigenvalue weighted by Crippen LogP contribution is -2.00. The number of halogens is 1. The second-order valence-electron chi connectivity index (χ2n) is 6.61. The minimum absolute atomic E-state index is 0.0191. The summed E-state index contributed by atoms with van der Waals surface area (Å²) in [5.41, 5.74) is 3.09. The topological polar surface area (TPSA) is 109 Å². The normalized spacial score (nSPS) is 10.7. The Bertz CT molecular complexity index is 1270. The van der Waals surface area contributed by atoms with Gasteiger partial charge in [0, 0.05) is 12.1 Å². The summed E-state index contributed by atoms with van der Waals surface area (Å²) in [6.07, 6.45) is 1.72. The third-order valence-corrected chi connectivity index (χ3v) is 5.32. The average molecular weight is 537 g/mol. The van der Waals surface area contributed by atoms with Gasteiger partial charge in [0.1, 0.15) is 6.61 Å². The van der Waals surface area contributed by atoms with E-state index in [9.17, 15) is 15.4 Å². The molecule has 0 amide bonds. The highest BCUT2D eigenvalue weighted by Gasteiger charge is 2.13. The van der Waals surface area contributed by atoms with Gasteiger partial charge in [-0.1, -0.05) is 12.1 Å². The fourth-order valence-electron chi connectivity index (χ4n) is 2.94. The maximum atomic E-state index is 10.8. The average Bonchev–Trinajstić information content (AvgIpc) is 2.81. The Balaban J connectivity index is 1.87. The van der Waals surface area contributed by atoms with E-state index in [0.29, 0.717) is 28.2 Å². The van der Waals surface area contributed by atoms with Crippen molar-refractivity contribution in [2.75, 3.05) is 7.11 Å². The molecule has 0 heterocycles. The first-order chi connectivity index (χ1) is 15.4. The second-order valence-corrected chi connectivity index (χ2v) is 7.77. The van der Waals surface area contributed by atoms with Gasteiger partial charge in [0.05, 0.1) is 38.9 Å². The number of nitro benzene ring substituents is 1. The van der Waals surface area contributed by atoms with Crippen molar-refractivity contribution in [3.05, 3.63) is 96.6 Å². The zero-order valence-electron chi connectivity index (χ0n) is 16.9. The zero-order chi connectivity index (χ0) is 23.1. The number of hydrogen-bond donors (Lipinski definition) is 0. The number of methoxy groups -OCH3 is 1. The maximum absolute atomic E-state index is 10.8. The first kappa shape index (κ1) is 22.8. The maximum Gasteiger partial charge on any atom is 0.269 e. The monoisotopic (exact) mass is 537 g/mol. The molecule has 3 aromatic carbocycles. The molecule has 0 aliphatic rings. The van der Waals surface area contributed by atoms with Crippen molar-refractivity contribution in [2.24, 2.45) is 0 Å². The molecular formula is C24H16IN3O4. The standard InChI is InChI=1S/C24H16IN3O4/c1-31-23-12-18(10-20(14-27)19-4-2-3-17(9-19)13-26)11-22(25)24(23)32-15-16-5-7-21(8-6-16)28(29)30/h2-12H,15H2,1H3. The van der Waals surface area contributed by atoms with Gasteiger partial charge in [-0.25, -0.2) is 0 Å². The third kappa shape index (κ3) is 5.42. The van der Waals surface area contributed by atoms with Gasteiger partial charge in [-0.15, -0.1) is 0 Å². The number of ether oxygens (including phenoxy) is 2. The zero-order valence-corrected chi connectivity index (χ0v) is 19.1. The number of rotatable bonds is 7. The Morgan fingerprint density at radius 1 is 1.16 bits per heavy atom. The van der Waals surface area contributed by atoms with Gasteiger partial charge in [-0.2, -0.15) is 10.5 Å². The van der Waals surface area contributed by atoms with Crippen molar-refractivity contribution in [3.8, 4) is 23.6 Å². The van der Waals surface area contributed by atoms with Crippen LogP contribution in [0, 0.1) is 36.3 Å². The molecule has 0 atom stereocenters. The highest BCUT2D eigenvalue weighted by molar-refractivity contribution is 14.1. The number of nitrogens with zero attached hydrogens (tertiary/aromatic N) is 3. The minimum atomic E-state index is -0.449. The van der Waals surface area contributed by atoms with Gasteiger partial charge in [-0.3, -0.25) is 10.1 Å². The van der Waals surface area contributed by atoms with Crippen LogP contribution in [0.25, 0.3) is 11.6 Å². The van der Waals surface area contributed by atoms with E-state index < -0.39 is 4.92 Å². The van der Waals surface area contributed by atoms with Crippen LogP contribution in [0.2, 0.25) is 0 Å². The summed E-state index contributed by atoms with van der Waals surface area (Å²) >= 11 is 2.13. The lowest BCUT2D eigenvalue weighted by atomic mass is 10.0. The summed E-state index contributed by atoms with van der Waals surface area (Å²) in [6.45, 7) is 0.212. The van der Waals surface area contributed by atoms with Crippen molar-refractivity contribution in [3.63, 3.8) is 0 Å². The van der Waals surface area contributed by atoms with Crippen LogP contribution in [0.4, 0.5) is 5.69 Å². The number of allylic oxidation sites excluding steroid dienone is 1. The molecule has 0 saturated carbocycles. The molecule has 32 heavy (non-hydrogen) atoms. The van der Waals surface area contributed by atoms with Crippen LogP contribution >= 0.6 is 22.6 Å². The Morgan fingerprint density at radius 3 is 2.53 bits per heavy atom. The Labute approximate surface area is 198 Å². The highest BCUT2D eigenvalue weighted by atomic mass is 127. The Morgan fingerprint density at radius 2 is 1.91 bits per heavy atom. The number of non-ortho nitro benzene ring substituents is 1. The van der Waals surface area contributed by atoms with Crippen LogP contribution in [0.1, 0.15) is 22.3 Å². The number of hydrogen-bond acceptors (Lipinski definition) is 6. The molecule has 0 N–H and O–H groups in total. The van der Waals surface area contributed by atoms with Gasteiger partial charge < -0.3 is 9.47 Å². The molecule has 3 rings (SSSR count). The molecule has 3 aromatic rings. The van der Waals surface area contributed by atoms with E-state index in [4.69, 9.17) is 14.7 Å². The number of benzene rings is 3. The van der Waals surface area contributed by atoms with E-state index in [1.165, 1.54) is 19.2 Å². The smallest absolute Gasteiger partial charge is 0.269 e. The van der Waals surface area contributed by atoms with Crippen LogP contribution in [0.15, 0.2) is 60.7 Å². The molecular weight excluding hydrogens is 521 g/mol. The SMILES string of the molecule is COc1cc(C=C(C#N)c2cccc(C#N)c2)cc(I)c1OCc1ccc([N+](=O)[O-])cc1. The lowest BCUT2D eigenvalue weighted by molar-refractivity contribution is -0.384. The van der Waals surface area contributed by atoms with Gasteiger partial charge in [0.2, 0.25) is 0 Å². The van der Waals surface area contributed by atoms with Crippen molar-refractivity contribution in [1.29, 1.82) is 10.5 Å². The molecule has 158 valence electrons. The summed E-state index contributed by atoms with van der Waals surface area (Å²) in [4.78, 5) is 10.3. The fraction of sp³-hybridized carbons (Fsp3) is 0.0833. The molecule has 0 fully saturated rings. The first-order valence-corrected chi connectivity index (χ1v) is 10.4. The van der Waals surface area contributed by atoms with E-state index in [1.807, 2.05) is 6.07 Å². The first-order valence-electron chi connectivity index (χ1n) is 9.31. The second kappa shape index (κ2) is 10.4. The molecule has 0 aliphatic carbocycles. The summed E-state index contributed by atoms with van der Waals surface area (Å²) in [5, 5.41) is 29.5. The lowest BCUT2D eigenvalue weighted by Gasteiger charge is -2.14. The van der Waals surface area contributed by atoms with Gasteiger partial charge >= 0.3 is 0 Å². The van der Waals surface area contributed by atoms with Gasteiger partial charge in [0.15, 0.2) is 11.5 Å². The van der Waals surface area contributed by atoms with E-state index in [-0.39, 0.29) is 12.3 Å². The summed E-state index contributed by atoms with van der Waals surface area (Å²) < 4.78 is 12.2. The van der Waals surface area contributed by atoms with Crippen molar-refractivity contribution < 1.29 is 14.4 Å². The fourth-order valence-corrected chi connectivity index (χ4v) is 3.72. The predicted octanol–water partition coefficient (Wildman–Crippen LogP) is 5.72. The minimum Gasteiger partial charge on any atom is -0.493 e. The largest absolute Gasteiger partial charge is 0.493 e. The molecule has 0 unspecified atom stereocenters. The molecule has 0 spiro atoms. The van der Waals surface area contributed by atoms with Crippen LogP contribution < -0.4 is 9.47 Å². The van der Waals surface area contributed by atoms with Crippen LogP contribution in [0.3, 0.4) is 0 Å².